The van der Waals surface area contributed by atoms with Gasteiger partial charge in [-0.1, -0.05) is 0 Å². The van der Waals surface area contributed by atoms with E-state index >= 15 is 0 Å². The molecule has 0 spiro atoms. The predicted octanol–water partition coefficient (Wildman–Crippen LogP) is 2.44. The predicted molar refractivity (Wildman–Crippen MR) is 73.4 cm³/mol. The van der Waals surface area contributed by atoms with Crippen molar-refractivity contribution in [1.29, 1.82) is 0 Å². The molecule has 0 aliphatic heterocycles. The number of hydrogen-bond donors (Lipinski definition) is 1. The molecule has 17 heavy (non-hydrogen) atoms. The highest BCUT2D eigenvalue weighted by molar-refractivity contribution is 5.25. The molecule has 1 aromatic heterocycles. The first-order valence-electron chi connectivity index (χ1n) is 6.60. The lowest BCUT2D eigenvalue weighted by molar-refractivity contribution is 0.266. The largest absolute Gasteiger partial charge is 0.356 e. The van der Waals surface area contributed by atoms with Crippen LogP contribution in [0.5, 0.6) is 0 Å². The summed E-state index contributed by atoms with van der Waals surface area (Å²) in [6.07, 6.45) is 6.34. The quantitative estimate of drug-likeness (QED) is 0.706. The molecule has 1 heterocycles. The number of aryl methyl sites for hydroxylation is 1. The van der Waals surface area contributed by atoms with Crippen LogP contribution in [0.4, 0.5) is 5.95 Å². The molecule has 98 valence electrons. The highest BCUT2D eigenvalue weighted by Gasteiger charge is 2.03. The molecule has 0 unspecified atom stereocenters. The lowest BCUT2D eigenvalue weighted by Crippen LogP contribution is -2.27. The zero-order valence-corrected chi connectivity index (χ0v) is 11.6. The third-order valence-corrected chi connectivity index (χ3v) is 3.09. The van der Waals surface area contributed by atoms with Crippen LogP contribution in [-0.4, -0.2) is 40.6 Å². The molecule has 1 N–H and O–H groups in total. The van der Waals surface area contributed by atoms with E-state index in [-0.39, 0.29) is 0 Å². The summed E-state index contributed by atoms with van der Waals surface area (Å²) in [4.78, 5) is 6.68. The van der Waals surface area contributed by atoms with E-state index in [0.717, 1.165) is 19.0 Å². The monoisotopic (exact) mass is 238 g/mol. The van der Waals surface area contributed by atoms with Crippen molar-refractivity contribution >= 4 is 5.95 Å². The molecule has 0 radical (unpaired) electrons. The topological polar surface area (TPSA) is 33.1 Å². The number of nitrogens with zero attached hydrogens (tertiary/aromatic N) is 3. The Morgan fingerprint density at radius 2 is 2.18 bits per heavy atom. The van der Waals surface area contributed by atoms with Gasteiger partial charge in [0.05, 0.1) is 0 Å². The van der Waals surface area contributed by atoms with Crippen molar-refractivity contribution in [2.24, 2.45) is 0 Å². The number of rotatable bonds is 8. The van der Waals surface area contributed by atoms with Gasteiger partial charge in [0, 0.05) is 31.5 Å². The second-order valence-corrected chi connectivity index (χ2v) is 4.76. The fraction of sp³-hybridized carbons (Fsp3) is 0.769. The summed E-state index contributed by atoms with van der Waals surface area (Å²) in [7, 11) is 2.19. The van der Waals surface area contributed by atoms with Crippen molar-refractivity contribution in [3.05, 3.63) is 12.4 Å². The summed E-state index contributed by atoms with van der Waals surface area (Å²) in [6, 6.07) is 0.639. The fourth-order valence-corrected chi connectivity index (χ4v) is 1.72. The van der Waals surface area contributed by atoms with Crippen molar-refractivity contribution in [1.82, 2.24) is 14.5 Å². The van der Waals surface area contributed by atoms with Crippen LogP contribution in [0.3, 0.4) is 0 Å². The average Bonchev–Trinajstić information content (AvgIpc) is 2.72. The molecule has 0 amide bonds. The van der Waals surface area contributed by atoms with Gasteiger partial charge in [0.25, 0.3) is 0 Å². The van der Waals surface area contributed by atoms with Gasteiger partial charge in [-0.25, -0.2) is 4.98 Å². The van der Waals surface area contributed by atoms with Crippen molar-refractivity contribution in [2.75, 3.05) is 25.5 Å². The van der Waals surface area contributed by atoms with Gasteiger partial charge in [-0.2, -0.15) is 0 Å². The van der Waals surface area contributed by atoms with Crippen LogP contribution in [0.15, 0.2) is 12.4 Å². The van der Waals surface area contributed by atoms with Crippen molar-refractivity contribution in [3.8, 4) is 0 Å². The van der Waals surface area contributed by atoms with Gasteiger partial charge in [0.2, 0.25) is 5.95 Å². The van der Waals surface area contributed by atoms with Crippen LogP contribution in [0.25, 0.3) is 0 Å². The zero-order chi connectivity index (χ0) is 12.7. The van der Waals surface area contributed by atoms with Crippen LogP contribution >= 0.6 is 0 Å². The van der Waals surface area contributed by atoms with E-state index in [2.05, 4.69) is 47.6 Å². The van der Waals surface area contributed by atoms with Gasteiger partial charge in [0.15, 0.2) is 0 Å². The average molecular weight is 238 g/mol. The summed E-state index contributed by atoms with van der Waals surface area (Å²) in [5.41, 5.74) is 0. The lowest BCUT2D eigenvalue weighted by atomic mass is 10.2. The molecule has 4 heteroatoms. The Bertz CT molecular complexity index is 306. The number of unbranched alkanes of at least 4 members (excludes halogenated alkanes) is 1. The standard InChI is InChI=1S/C13H26N4/c1-5-14-13-15-8-11-17(13)10-7-6-9-16(4)12(2)3/h8,11-12H,5-7,9-10H2,1-4H3,(H,14,15). The third kappa shape index (κ3) is 4.77. The van der Waals surface area contributed by atoms with E-state index in [0.29, 0.717) is 6.04 Å². The summed E-state index contributed by atoms with van der Waals surface area (Å²) in [5, 5.41) is 3.27. The molecule has 0 aliphatic rings. The van der Waals surface area contributed by atoms with Crippen LogP contribution in [-0.2, 0) is 6.54 Å². The highest BCUT2D eigenvalue weighted by atomic mass is 15.2. The van der Waals surface area contributed by atoms with Gasteiger partial charge in [-0.05, 0) is 47.2 Å². The summed E-state index contributed by atoms with van der Waals surface area (Å²) in [6.45, 7) is 9.71. The molecule has 0 fully saturated rings. The Morgan fingerprint density at radius 1 is 1.41 bits per heavy atom. The Kier molecular flexibility index (Phi) is 6.05. The van der Waals surface area contributed by atoms with Crippen molar-refractivity contribution < 1.29 is 0 Å². The van der Waals surface area contributed by atoms with Crippen LogP contribution in [0.2, 0.25) is 0 Å². The van der Waals surface area contributed by atoms with Crippen molar-refractivity contribution in [3.63, 3.8) is 0 Å². The Hall–Kier alpha value is -1.03. The van der Waals surface area contributed by atoms with Gasteiger partial charge >= 0.3 is 0 Å². The molecule has 4 nitrogen and oxygen atoms in total. The summed E-state index contributed by atoms with van der Waals surface area (Å²) < 4.78 is 2.19. The van der Waals surface area contributed by atoms with Crippen LogP contribution in [0, 0.1) is 0 Å². The molecule has 0 atom stereocenters. The van der Waals surface area contributed by atoms with Crippen LogP contribution in [0.1, 0.15) is 33.6 Å². The van der Waals surface area contributed by atoms with E-state index in [1.165, 1.54) is 19.4 Å². The third-order valence-electron chi connectivity index (χ3n) is 3.09. The summed E-state index contributed by atoms with van der Waals surface area (Å²) in [5.74, 6) is 0.990. The van der Waals surface area contributed by atoms with E-state index in [1.807, 2.05) is 12.4 Å². The second kappa shape index (κ2) is 7.33. The van der Waals surface area contributed by atoms with E-state index in [9.17, 15) is 0 Å². The maximum atomic E-state index is 4.29. The Labute approximate surface area is 105 Å². The van der Waals surface area contributed by atoms with E-state index in [1.54, 1.807) is 0 Å². The number of anilines is 1. The molecular weight excluding hydrogens is 212 g/mol. The highest BCUT2D eigenvalue weighted by Crippen LogP contribution is 2.06. The minimum Gasteiger partial charge on any atom is -0.356 e. The zero-order valence-electron chi connectivity index (χ0n) is 11.6. The molecule has 0 aliphatic carbocycles. The molecule has 0 aromatic carbocycles. The normalized spacial score (nSPS) is 11.4. The lowest BCUT2D eigenvalue weighted by Gasteiger charge is -2.20. The first kappa shape index (κ1) is 14.0. The molecule has 0 saturated heterocycles. The molecule has 0 bridgehead atoms. The Balaban J connectivity index is 2.24. The number of aromatic nitrogens is 2. The molecule has 1 rings (SSSR count). The molecule has 0 saturated carbocycles. The number of hydrogen-bond acceptors (Lipinski definition) is 3. The smallest absolute Gasteiger partial charge is 0.202 e. The minimum absolute atomic E-state index is 0.639. The number of imidazole rings is 1. The maximum absolute atomic E-state index is 4.29. The fourth-order valence-electron chi connectivity index (χ4n) is 1.72. The van der Waals surface area contributed by atoms with Gasteiger partial charge < -0.3 is 14.8 Å². The second-order valence-electron chi connectivity index (χ2n) is 4.76. The number of nitrogens with one attached hydrogen (secondary N) is 1. The molecular formula is C13H26N4. The van der Waals surface area contributed by atoms with E-state index < -0.39 is 0 Å². The SMILES string of the molecule is CCNc1nccn1CCCCN(C)C(C)C. The minimum atomic E-state index is 0.639. The van der Waals surface area contributed by atoms with Crippen LogP contribution < -0.4 is 5.32 Å². The van der Waals surface area contributed by atoms with Gasteiger partial charge in [0.1, 0.15) is 0 Å². The van der Waals surface area contributed by atoms with Crippen molar-refractivity contribution in [2.45, 2.75) is 46.2 Å². The van der Waals surface area contributed by atoms with E-state index in [4.69, 9.17) is 0 Å². The first-order chi connectivity index (χ1) is 8.15. The summed E-state index contributed by atoms with van der Waals surface area (Å²) >= 11 is 0. The van der Waals surface area contributed by atoms with Gasteiger partial charge in [-0.15, -0.1) is 0 Å². The Morgan fingerprint density at radius 3 is 2.82 bits per heavy atom. The van der Waals surface area contributed by atoms with Gasteiger partial charge in [-0.3, -0.25) is 0 Å². The maximum Gasteiger partial charge on any atom is 0.202 e. The first-order valence-corrected chi connectivity index (χ1v) is 6.60. The molecule has 1 aromatic rings.